The Kier molecular flexibility index (Phi) is 6.02. The molecule has 24 heavy (non-hydrogen) atoms. The Bertz CT molecular complexity index is 793. The number of oxime groups is 1. The Morgan fingerprint density at radius 3 is 2.88 bits per heavy atom. The topological polar surface area (TPSA) is 93.8 Å². The number of hydrogen-bond acceptors (Lipinski definition) is 5. The van der Waals surface area contributed by atoms with Gasteiger partial charge < -0.3 is 10.2 Å². The molecule has 0 radical (unpaired) electrons. The molecule has 0 spiro atoms. The normalized spacial score (nSPS) is 10.6. The lowest BCUT2D eigenvalue weighted by molar-refractivity contribution is -0.384. The molecule has 2 aromatic carbocycles. The highest BCUT2D eigenvalue weighted by molar-refractivity contribution is 9.10. The highest BCUT2D eigenvalue weighted by Gasteiger charge is 2.05. The van der Waals surface area contributed by atoms with E-state index in [2.05, 4.69) is 26.4 Å². The lowest BCUT2D eigenvalue weighted by Crippen LogP contribution is -2.17. The minimum absolute atomic E-state index is 0.0395. The molecular formula is C16H14BrN3O4. The van der Waals surface area contributed by atoms with Crippen molar-refractivity contribution in [3.05, 3.63) is 68.2 Å². The first kappa shape index (κ1) is 17.6. The molecule has 0 heterocycles. The summed E-state index contributed by atoms with van der Waals surface area (Å²) in [5.41, 5.74) is 2.12. The average Bonchev–Trinajstić information content (AvgIpc) is 2.55. The van der Waals surface area contributed by atoms with Crippen molar-refractivity contribution in [3.8, 4) is 0 Å². The summed E-state index contributed by atoms with van der Waals surface area (Å²) in [7, 11) is 0. The summed E-state index contributed by atoms with van der Waals surface area (Å²) in [6.45, 7) is 1.65. The Labute approximate surface area is 146 Å². The van der Waals surface area contributed by atoms with E-state index in [1.165, 1.54) is 18.3 Å². The van der Waals surface area contributed by atoms with Crippen molar-refractivity contribution in [2.45, 2.75) is 6.92 Å². The number of carbonyl (C=O) groups excluding carboxylic acids is 1. The van der Waals surface area contributed by atoms with E-state index in [0.717, 1.165) is 10.0 Å². The van der Waals surface area contributed by atoms with Gasteiger partial charge in [-0.25, -0.2) is 0 Å². The van der Waals surface area contributed by atoms with Gasteiger partial charge in [-0.1, -0.05) is 33.2 Å². The minimum Gasteiger partial charge on any atom is -0.386 e. The van der Waals surface area contributed by atoms with E-state index >= 15 is 0 Å². The SMILES string of the molecule is Cc1cc(NC(=O)CO/N=C\c2cccc([N+](=O)[O-])c2)ccc1Br. The number of amides is 1. The Hall–Kier alpha value is -2.74. The number of anilines is 1. The van der Waals surface area contributed by atoms with Gasteiger partial charge in [0.15, 0.2) is 6.61 Å². The Balaban J connectivity index is 1.84. The third kappa shape index (κ3) is 5.17. The van der Waals surface area contributed by atoms with Crippen LogP contribution >= 0.6 is 15.9 Å². The van der Waals surface area contributed by atoms with Gasteiger partial charge >= 0.3 is 0 Å². The third-order valence-electron chi connectivity index (χ3n) is 2.99. The number of nitrogens with one attached hydrogen (secondary N) is 1. The summed E-state index contributed by atoms with van der Waals surface area (Å²) in [4.78, 5) is 26.8. The second kappa shape index (κ2) is 8.21. The number of nitrogens with zero attached hydrogens (tertiary/aromatic N) is 2. The first-order valence-corrected chi connectivity index (χ1v) is 7.71. The van der Waals surface area contributed by atoms with E-state index in [1.54, 1.807) is 18.2 Å². The highest BCUT2D eigenvalue weighted by Crippen LogP contribution is 2.19. The summed E-state index contributed by atoms with van der Waals surface area (Å²) in [5.74, 6) is -0.354. The Morgan fingerprint density at radius 2 is 2.17 bits per heavy atom. The molecule has 8 heteroatoms. The second-order valence-electron chi connectivity index (χ2n) is 4.87. The van der Waals surface area contributed by atoms with Crippen molar-refractivity contribution in [2.24, 2.45) is 5.16 Å². The lowest BCUT2D eigenvalue weighted by atomic mass is 10.2. The lowest BCUT2D eigenvalue weighted by Gasteiger charge is -2.06. The minimum atomic E-state index is -0.494. The molecule has 2 rings (SSSR count). The Morgan fingerprint density at radius 1 is 1.38 bits per heavy atom. The molecule has 0 fully saturated rings. The van der Waals surface area contributed by atoms with E-state index in [4.69, 9.17) is 4.84 Å². The van der Waals surface area contributed by atoms with Crippen LogP contribution in [-0.4, -0.2) is 23.7 Å². The number of aryl methyl sites for hydroxylation is 1. The molecule has 0 saturated heterocycles. The maximum Gasteiger partial charge on any atom is 0.270 e. The smallest absolute Gasteiger partial charge is 0.270 e. The molecule has 0 unspecified atom stereocenters. The summed E-state index contributed by atoms with van der Waals surface area (Å²) in [6.07, 6.45) is 1.31. The van der Waals surface area contributed by atoms with Gasteiger partial charge in [0.25, 0.3) is 11.6 Å². The predicted octanol–water partition coefficient (Wildman–Crippen LogP) is 3.65. The maximum atomic E-state index is 11.8. The monoisotopic (exact) mass is 391 g/mol. The number of nitro benzene ring substituents is 1. The van der Waals surface area contributed by atoms with Crippen LogP contribution < -0.4 is 5.32 Å². The molecule has 7 nitrogen and oxygen atoms in total. The van der Waals surface area contributed by atoms with Gasteiger partial charge in [0.2, 0.25) is 0 Å². The van der Waals surface area contributed by atoms with E-state index in [0.29, 0.717) is 11.3 Å². The van der Waals surface area contributed by atoms with E-state index < -0.39 is 4.92 Å². The van der Waals surface area contributed by atoms with Crippen LogP contribution in [0.1, 0.15) is 11.1 Å². The van der Waals surface area contributed by atoms with Gasteiger partial charge in [0.05, 0.1) is 11.1 Å². The molecule has 0 bridgehead atoms. The molecule has 1 amide bonds. The molecule has 0 aliphatic carbocycles. The number of hydrogen-bond donors (Lipinski definition) is 1. The molecule has 0 saturated carbocycles. The van der Waals surface area contributed by atoms with Crippen LogP contribution in [0.25, 0.3) is 0 Å². The number of nitro groups is 1. The van der Waals surface area contributed by atoms with Crippen LogP contribution in [0.15, 0.2) is 52.1 Å². The molecule has 2 aromatic rings. The van der Waals surface area contributed by atoms with E-state index in [-0.39, 0.29) is 18.2 Å². The zero-order chi connectivity index (χ0) is 17.5. The molecule has 1 N–H and O–H groups in total. The zero-order valence-electron chi connectivity index (χ0n) is 12.7. The van der Waals surface area contributed by atoms with Gasteiger partial charge in [-0.05, 0) is 30.7 Å². The quantitative estimate of drug-likeness (QED) is 0.461. The summed E-state index contributed by atoms with van der Waals surface area (Å²) in [5, 5.41) is 17.0. The van der Waals surface area contributed by atoms with Gasteiger partial charge in [-0.15, -0.1) is 0 Å². The van der Waals surface area contributed by atoms with Crippen LogP contribution in [0.5, 0.6) is 0 Å². The number of carbonyl (C=O) groups is 1. The predicted molar refractivity (Wildman–Crippen MR) is 94.2 cm³/mol. The van der Waals surface area contributed by atoms with Crippen molar-refractivity contribution in [2.75, 3.05) is 11.9 Å². The largest absolute Gasteiger partial charge is 0.386 e. The second-order valence-corrected chi connectivity index (χ2v) is 5.73. The van der Waals surface area contributed by atoms with Gasteiger partial charge in [0, 0.05) is 27.9 Å². The van der Waals surface area contributed by atoms with Crippen molar-refractivity contribution in [1.29, 1.82) is 0 Å². The highest BCUT2D eigenvalue weighted by atomic mass is 79.9. The third-order valence-corrected chi connectivity index (χ3v) is 3.88. The van der Waals surface area contributed by atoms with Gasteiger partial charge in [-0.2, -0.15) is 0 Å². The molecule has 0 aromatic heterocycles. The molecule has 0 aliphatic heterocycles. The van der Waals surface area contributed by atoms with E-state index in [9.17, 15) is 14.9 Å². The van der Waals surface area contributed by atoms with E-state index in [1.807, 2.05) is 19.1 Å². The number of non-ortho nitro benzene ring substituents is 1. The molecule has 0 atom stereocenters. The summed E-state index contributed by atoms with van der Waals surface area (Å²) in [6, 6.07) is 11.4. The molecule has 0 aliphatic rings. The first-order chi connectivity index (χ1) is 11.5. The maximum absolute atomic E-state index is 11.8. The van der Waals surface area contributed by atoms with Crippen LogP contribution in [0, 0.1) is 17.0 Å². The molecular weight excluding hydrogens is 378 g/mol. The standard InChI is InChI=1S/C16H14BrN3O4/c1-11-7-13(5-6-15(11)17)19-16(21)10-24-18-9-12-3-2-4-14(8-12)20(22)23/h2-9H,10H2,1H3,(H,19,21)/b18-9-. The summed E-state index contributed by atoms with van der Waals surface area (Å²) >= 11 is 3.38. The van der Waals surface area contributed by atoms with Crippen LogP contribution in [0.4, 0.5) is 11.4 Å². The average molecular weight is 392 g/mol. The van der Waals surface area contributed by atoms with Crippen molar-refractivity contribution >= 4 is 39.4 Å². The number of benzene rings is 2. The fourth-order valence-corrected chi connectivity index (χ4v) is 2.08. The fraction of sp³-hybridized carbons (Fsp3) is 0.125. The van der Waals surface area contributed by atoms with Crippen molar-refractivity contribution in [3.63, 3.8) is 0 Å². The number of rotatable bonds is 6. The van der Waals surface area contributed by atoms with Crippen LogP contribution in [-0.2, 0) is 9.63 Å². The van der Waals surface area contributed by atoms with Crippen molar-refractivity contribution < 1.29 is 14.6 Å². The summed E-state index contributed by atoms with van der Waals surface area (Å²) < 4.78 is 0.957. The number of halogens is 1. The van der Waals surface area contributed by atoms with Gasteiger partial charge in [0.1, 0.15) is 0 Å². The van der Waals surface area contributed by atoms with Crippen LogP contribution in [0.3, 0.4) is 0 Å². The fourth-order valence-electron chi connectivity index (χ4n) is 1.83. The zero-order valence-corrected chi connectivity index (χ0v) is 14.3. The molecule has 124 valence electrons. The van der Waals surface area contributed by atoms with Crippen LogP contribution in [0.2, 0.25) is 0 Å². The van der Waals surface area contributed by atoms with Gasteiger partial charge in [-0.3, -0.25) is 14.9 Å². The first-order valence-electron chi connectivity index (χ1n) is 6.91. The van der Waals surface area contributed by atoms with Crippen molar-refractivity contribution in [1.82, 2.24) is 0 Å².